The molecule has 0 unspecified atom stereocenters. The van der Waals surface area contributed by atoms with E-state index in [9.17, 15) is 4.79 Å². The van der Waals surface area contributed by atoms with Crippen molar-refractivity contribution in [1.82, 2.24) is 4.98 Å². The van der Waals surface area contributed by atoms with Gasteiger partial charge in [-0.05, 0) is 50.6 Å². The highest BCUT2D eigenvalue weighted by molar-refractivity contribution is 5.93. The number of methoxy groups -OCH3 is 1. The van der Waals surface area contributed by atoms with E-state index in [1.807, 2.05) is 39.0 Å². The van der Waals surface area contributed by atoms with Crippen molar-refractivity contribution in [1.29, 1.82) is 0 Å². The Morgan fingerprint density at radius 1 is 1.17 bits per heavy atom. The average molecular weight is 329 g/mol. The van der Waals surface area contributed by atoms with Gasteiger partial charge in [-0.2, -0.15) is 0 Å². The zero-order valence-electron chi connectivity index (χ0n) is 14.4. The molecule has 0 radical (unpaired) electrons. The molecule has 0 saturated heterocycles. The van der Waals surface area contributed by atoms with Crippen LogP contribution in [0.25, 0.3) is 0 Å². The topological polar surface area (TPSA) is 86.5 Å². The van der Waals surface area contributed by atoms with E-state index in [0.29, 0.717) is 22.9 Å². The molecule has 128 valence electrons. The van der Waals surface area contributed by atoms with Gasteiger partial charge in [-0.1, -0.05) is 6.07 Å². The lowest BCUT2D eigenvalue weighted by Gasteiger charge is -2.18. The number of hydrogen-bond donors (Lipinski definition) is 2. The second kappa shape index (κ2) is 7.68. The summed E-state index contributed by atoms with van der Waals surface area (Å²) >= 11 is 0. The number of hydrogen-bond acceptors (Lipinski definition) is 5. The van der Waals surface area contributed by atoms with E-state index in [1.165, 1.54) is 0 Å². The summed E-state index contributed by atoms with van der Waals surface area (Å²) in [5.41, 5.74) is 6.72. The number of carbonyl (C=O) groups excluding carboxylic acids is 1. The maximum Gasteiger partial charge on any atom is 0.248 e. The van der Waals surface area contributed by atoms with Gasteiger partial charge in [-0.15, -0.1) is 0 Å². The SMILES string of the molecule is COc1cc([C@H](C)Nc2cc(C(N)=O)ccn2)ccc1OC(C)C. The van der Waals surface area contributed by atoms with Crippen molar-refractivity contribution in [2.24, 2.45) is 5.73 Å². The van der Waals surface area contributed by atoms with E-state index in [0.717, 1.165) is 5.56 Å². The molecule has 1 heterocycles. The Morgan fingerprint density at radius 2 is 1.92 bits per heavy atom. The van der Waals surface area contributed by atoms with E-state index in [1.54, 1.807) is 25.4 Å². The quantitative estimate of drug-likeness (QED) is 0.815. The molecule has 2 rings (SSSR count). The first kappa shape index (κ1) is 17.6. The molecule has 2 aromatic rings. The lowest BCUT2D eigenvalue weighted by atomic mass is 10.1. The van der Waals surface area contributed by atoms with Gasteiger partial charge in [-0.3, -0.25) is 4.79 Å². The second-order valence-electron chi connectivity index (χ2n) is 5.74. The minimum Gasteiger partial charge on any atom is -0.493 e. The van der Waals surface area contributed by atoms with Crippen LogP contribution in [-0.2, 0) is 0 Å². The lowest BCUT2D eigenvalue weighted by Crippen LogP contribution is -2.13. The van der Waals surface area contributed by atoms with E-state index in [-0.39, 0.29) is 12.1 Å². The number of ether oxygens (including phenoxy) is 2. The number of benzene rings is 1. The van der Waals surface area contributed by atoms with Crippen LogP contribution in [0, 0.1) is 0 Å². The van der Waals surface area contributed by atoms with Crippen LogP contribution >= 0.6 is 0 Å². The minimum atomic E-state index is -0.482. The van der Waals surface area contributed by atoms with Crippen molar-refractivity contribution >= 4 is 11.7 Å². The fourth-order valence-electron chi connectivity index (χ4n) is 2.27. The molecule has 6 heteroatoms. The predicted octanol–water partition coefficient (Wildman–Crippen LogP) is 3.15. The van der Waals surface area contributed by atoms with Gasteiger partial charge in [0.05, 0.1) is 19.3 Å². The number of rotatable bonds is 7. The van der Waals surface area contributed by atoms with Crippen molar-refractivity contribution in [3.05, 3.63) is 47.7 Å². The van der Waals surface area contributed by atoms with Crippen molar-refractivity contribution < 1.29 is 14.3 Å². The first-order valence-electron chi connectivity index (χ1n) is 7.77. The van der Waals surface area contributed by atoms with Gasteiger partial charge >= 0.3 is 0 Å². The molecule has 0 bridgehead atoms. The third kappa shape index (κ3) is 4.38. The number of primary amides is 1. The first-order chi connectivity index (χ1) is 11.4. The summed E-state index contributed by atoms with van der Waals surface area (Å²) in [5, 5.41) is 3.25. The number of anilines is 1. The molecule has 6 nitrogen and oxygen atoms in total. The molecule has 24 heavy (non-hydrogen) atoms. The van der Waals surface area contributed by atoms with Crippen LogP contribution in [0.1, 0.15) is 42.7 Å². The summed E-state index contributed by atoms with van der Waals surface area (Å²) in [4.78, 5) is 15.5. The van der Waals surface area contributed by atoms with Gasteiger partial charge in [0.2, 0.25) is 5.91 Å². The number of nitrogens with zero attached hydrogens (tertiary/aromatic N) is 1. The predicted molar refractivity (Wildman–Crippen MR) is 93.6 cm³/mol. The van der Waals surface area contributed by atoms with E-state index < -0.39 is 5.91 Å². The standard InChI is InChI=1S/C18H23N3O3/c1-11(2)24-15-6-5-13(9-16(15)23-4)12(3)21-17-10-14(18(19)22)7-8-20-17/h5-12H,1-4H3,(H2,19,22)(H,20,21)/t12-/m0/s1. The fraction of sp³-hybridized carbons (Fsp3) is 0.333. The fourth-order valence-corrected chi connectivity index (χ4v) is 2.27. The Kier molecular flexibility index (Phi) is 5.63. The highest BCUT2D eigenvalue weighted by Crippen LogP contribution is 2.31. The Hall–Kier alpha value is -2.76. The Balaban J connectivity index is 2.19. The molecule has 1 aromatic heterocycles. The molecule has 0 aliphatic heterocycles. The summed E-state index contributed by atoms with van der Waals surface area (Å²) < 4.78 is 11.1. The number of amides is 1. The summed E-state index contributed by atoms with van der Waals surface area (Å²) in [6, 6.07) is 8.96. The second-order valence-corrected chi connectivity index (χ2v) is 5.74. The number of carbonyl (C=O) groups is 1. The number of nitrogens with one attached hydrogen (secondary N) is 1. The summed E-state index contributed by atoms with van der Waals surface area (Å²) in [7, 11) is 1.61. The Labute approximate surface area is 142 Å². The van der Waals surface area contributed by atoms with Crippen LogP contribution < -0.4 is 20.5 Å². The maximum absolute atomic E-state index is 11.3. The molecule has 0 fully saturated rings. The van der Waals surface area contributed by atoms with Crippen molar-refractivity contribution in [3.8, 4) is 11.5 Å². The van der Waals surface area contributed by atoms with Crippen molar-refractivity contribution in [2.75, 3.05) is 12.4 Å². The normalized spacial score (nSPS) is 11.9. The Morgan fingerprint density at radius 3 is 2.54 bits per heavy atom. The van der Waals surface area contributed by atoms with Crippen LogP contribution in [0.2, 0.25) is 0 Å². The minimum absolute atomic E-state index is 0.0392. The molecule has 1 aromatic carbocycles. The van der Waals surface area contributed by atoms with E-state index >= 15 is 0 Å². The third-order valence-electron chi connectivity index (χ3n) is 3.46. The van der Waals surface area contributed by atoms with E-state index in [2.05, 4.69) is 10.3 Å². The number of nitrogens with two attached hydrogens (primary N) is 1. The zero-order valence-corrected chi connectivity index (χ0v) is 14.4. The van der Waals surface area contributed by atoms with E-state index in [4.69, 9.17) is 15.2 Å². The average Bonchev–Trinajstić information content (AvgIpc) is 2.54. The summed E-state index contributed by atoms with van der Waals surface area (Å²) in [6.07, 6.45) is 1.62. The van der Waals surface area contributed by atoms with Gasteiger partial charge in [-0.25, -0.2) is 4.98 Å². The maximum atomic E-state index is 11.3. The van der Waals surface area contributed by atoms with Gasteiger partial charge in [0.25, 0.3) is 0 Å². The van der Waals surface area contributed by atoms with Crippen LogP contribution in [0.3, 0.4) is 0 Å². The zero-order chi connectivity index (χ0) is 17.7. The van der Waals surface area contributed by atoms with Crippen LogP contribution in [0.5, 0.6) is 11.5 Å². The van der Waals surface area contributed by atoms with Gasteiger partial charge in [0, 0.05) is 11.8 Å². The molecule has 1 atom stereocenters. The van der Waals surface area contributed by atoms with Crippen LogP contribution in [0.4, 0.5) is 5.82 Å². The summed E-state index contributed by atoms with van der Waals surface area (Å²) in [6.45, 7) is 5.93. The van der Waals surface area contributed by atoms with Crippen molar-refractivity contribution in [2.45, 2.75) is 32.9 Å². The third-order valence-corrected chi connectivity index (χ3v) is 3.46. The summed E-state index contributed by atoms with van der Waals surface area (Å²) in [5.74, 6) is 1.48. The number of aromatic nitrogens is 1. The molecule has 0 aliphatic carbocycles. The molecule has 0 spiro atoms. The largest absolute Gasteiger partial charge is 0.493 e. The van der Waals surface area contributed by atoms with Crippen LogP contribution in [0.15, 0.2) is 36.5 Å². The van der Waals surface area contributed by atoms with Gasteiger partial charge in [0.1, 0.15) is 5.82 Å². The molecule has 1 amide bonds. The smallest absolute Gasteiger partial charge is 0.248 e. The molecule has 0 saturated carbocycles. The monoisotopic (exact) mass is 329 g/mol. The highest BCUT2D eigenvalue weighted by Gasteiger charge is 2.12. The highest BCUT2D eigenvalue weighted by atomic mass is 16.5. The van der Waals surface area contributed by atoms with Crippen LogP contribution in [-0.4, -0.2) is 24.1 Å². The lowest BCUT2D eigenvalue weighted by molar-refractivity contribution is 0.1000. The van der Waals surface area contributed by atoms with Crippen molar-refractivity contribution in [3.63, 3.8) is 0 Å². The first-order valence-corrected chi connectivity index (χ1v) is 7.77. The van der Waals surface area contributed by atoms with Gasteiger partial charge < -0.3 is 20.5 Å². The molecule has 3 N–H and O–H groups in total. The Bertz CT molecular complexity index is 716. The number of pyridine rings is 1. The molecule has 0 aliphatic rings. The molecular weight excluding hydrogens is 306 g/mol. The van der Waals surface area contributed by atoms with Gasteiger partial charge in [0.15, 0.2) is 11.5 Å². The molecular formula is C18H23N3O3.